The van der Waals surface area contributed by atoms with Crippen LogP contribution in [0.25, 0.3) is 0 Å². The van der Waals surface area contributed by atoms with Gasteiger partial charge in [-0.2, -0.15) is 0 Å². The van der Waals surface area contributed by atoms with Gasteiger partial charge in [0.05, 0.1) is 18.2 Å². The Kier molecular flexibility index (Phi) is 3.05. The van der Waals surface area contributed by atoms with Gasteiger partial charge in [0.15, 0.2) is 28.8 Å². The summed E-state index contributed by atoms with van der Waals surface area (Å²) in [7, 11) is 1.06. The van der Waals surface area contributed by atoms with Crippen LogP contribution in [0, 0.1) is 0 Å². The predicted molar refractivity (Wildman–Crippen MR) is 75.2 cm³/mol. The van der Waals surface area contributed by atoms with Gasteiger partial charge in [0, 0.05) is 6.92 Å². The number of hydrogen-bond acceptors (Lipinski definition) is 9. The van der Waals surface area contributed by atoms with Gasteiger partial charge in [-0.25, -0.2) is 0 Å². The van der Waals surface area contributed by atoms with E-state index in [0.717, 1.165) is 14.0 Å². The minimum absolute atomic E-state index is 0.607. The summed E-state index contributed by atoms with van der Waals surface area (Å²) in [4.78, 5) is 36.5. The molecular weight excluding hydrogens is 324 g/mol. The highest BCUT2D eigenvalue weighted by molar-refractivity contribution is 6.31. The van der Waals surface area contributed by atoms with Crippen LogP contribution in [0.5, 0.6) is 28.7 Å². The molecule has 0 bridgehead atoms. The topological polar surface area (TPSA) is 154 Å². The molecule has 0 radical (unpaired) electrons. The van der Waals surface area contributed by atoms with Crippen molar-refractivity contribution in [3.8, 4) is 28.7 Å². The van der Waals surface area contributed by atoms with Gasteiger partial charge in [0.2, 0.25) is 28.8 Å². The van der Waals surface area contributed by atoms with Crippen molar-refractivity contribution >= 4 is 17.3 Å². The number of benzene rings is 1. The molecule has 9 heteroatoms. The molecule has 24 heavy (non-hydrogen) atoms. The Morgan fingerprint density at radius 2 is 1.46 bits per heavy atom. The van der Waals surface area contributed by atoms with Crippen LogP contribution in [0.15, 0.2) is 4.42 Å². The largest absolute Gasteiger partial charge is 0.504 e. The van der Waals surface area contributed by atoms with Gasteiger partial charge < -0.3 is 29.6 Å². The van der Waals surface area contributed by atoms with Crippen LogP contribution in [0.4, 0.5) is 0 Å². The van der Waals surface area contributed by atoms with Crippen molar-refractivity contribution in [2.75, 3.05) is 7.11 Å². The fourth-order valence-corrected chi connectivity index (χ4v) is 2.59. The van der Waals surface area contributed by atoms with E-state index in [-0.39, 0.29) is 0 Å². The number of phenolic OH excluding ortho intramolecular Hbond substituents is 3. The van der Waals surface area contributed by atoms with Crippen LogP contribution in [0.3, 0.4) is 0 Å². The third-order valence-electron chi connectivity index (χ3n) is 3.67. The Bertz CT molecular complexity index is 949. The predicted octanol–water partition coefficient (Wildman–Crippen LogP) is 1.09. The summed E-state index contributed by atoms with van der Waals surface area (Å²) in [5.41, 5.74) is -2.02. The minimum Gasteiger partial charge on any atom is -0.504 e. The van der Waals surface area contributed by atoms with Gasteiger partial charge in [0.1, 0.15) is 5.56 Å². The van der Waals surface area contributed by atoms with E-state index in [0.29, 0.717) is 0 Å². The third-order valence-corrected chi connectivity index (χ3v) is 3.67. The molecule has 9 nitrogen and oxygen atoms in total. The number of rotatable bonds is 2. The molecule has 1 heterocycles. The van der Waals surface area contributed by atoms with Crippen molar-refractivity contribution in [3.63, 3.8) is 0 Å². The monoisotopic (exact) mass is 334 g/mol. The first-order chi connectivity index (χ1) is 11.2. The quantitative estimate of drug-likeness (QED) is 0.306. The van der Waals surface area contributed by atoms with Crippen molar-refractivity contribution < 1.29 is 44.0 Å². The first kappa shape index (κ1) is 15.4. The fourth-order valence-electron chi connectivity index (χ4n) is 2.59. The number of methoxy groups -OCH3 is 1. The molecule has 1 aromatic carbocycles. The molecular formula is C15H10O9. The smallest absolute Gasteiger partial charge is 0.233 e. The first-order valence-electron chi connectivity index (χ1n) is 6.53. The van der Waals surface area contributed by atoms with E-state index in [2.05, 4.69) is 0 Å². The van der Waals surface area contributed by atoms with E-state index in [1.165, 1.54) is 0 Å². The summed E-state index contributed by atoms with van der Waals surface area (Å²) < 4.78 is 9.67. The maximum absolute atomic E-state index is 12.5. The van der Waals surface area contributed by atoms with Gasteiger partial charge in [0.25, 0.3) is 0 Å². The maximum atomic E-state index is 12.5. The standard InChI is InChI=1S/C15H10O9/c1-3(16)13-11(21)6-7(17)4-5(9(19)14(6)24-13)10(20)15(23-2)12(22)8(4)18/h18,20-22H,1-2H3. The average molecular weight is 334 g/mol. The van der Waals surface area contributed by atoms with E-state index in [1.54, 1.807) is 0 Å². The number of hydrogen-bond donors (Lipinski definition) is 4. The normalized spacial score (nSPS) is 12.8. The van der Waals surface area contributed by atoms with Crippen molar-refractivity contribution in [2.24, 2.45) is 0 Å². The summed E-state index contributed by atoms with van der Waals surface area (Å²) in [6.45, 7) is 1.05. The number of carbonyl (C=O) groups is 3. The number of aromatic hydroxyl groups is 4. The van der Waals surface area contributed by atoms with E-state index >= 15 is 0 Å². The lowest BCUT2D eigenvalue weighted by Gasteiger charge is -2.18. The number of ketones is 3. The van der Waals surface area contributed by atoms with Crippen LogP contribution in [0.2, 0.25) is 0 Å². The maximum Gasteiger partial charge on any atom is 0.233 e. The molecule has 1 aliphatic carbocycles. The lowest BCUT2D eigenvalue weighted by molar-refractivity contribution is 0.0942. The molecule has 2 aromatic rings. The van der Waals surface area contributed by atoms with Crippen molar-refractivity contribution in [3.05, 3.63) is 28.2 Å². The van der Waals surface area contributed by atoms with Gasteiger partial charge in [-0.3, -0.25) is 14.4 Å². The molecule has 1 aromatic heterocycles. The fraction of sp³-hybridized carbons (Fsp3) is 0.133. The second-order valence-corrected chi connectivity index (χ2v) is 5.03. The Labute approximate surface area is 133 Å². The summed E-state index contributed by atoms with van der Waals surface area (Å²) in [5, 5.41) is 39.9. The summed E-state index contributed by atoms with van der Waals surface area (Å²) in [6, 6.07) is 0. The highest BCUT2D eigenvalue weighted by atomic mass is 16.5. The number of Topliss-reactive ketones (excluding diaryl/α,β-unsaturated/α-hetero) is 1. The van der Waals surface area contributed by atoms with E-state index in [4.69, 9.17) is 9.15 Å². The Morgan fingerprint density at radius 1 is 0.875 bits per heavy atom. The van der Waals surface area contributed by atoms with Crippen LogP contribution in [-0.4, -0.2) is 44.9 Å². The van der Waals surface area contributed by atoms with Gasteiger partial charge in [-0.05, 0) is 0 Å². The number of carbonyl (C=O) groups excluding carboxylic acids is 3. The highest BCUT2D eigenvalue weighted by Crippen LogP contribution is 2.52. The SMILES string of the molecule is COc1c(O)c(O)c2c(c1O)C(=O)c1oc(C(C)=O)c(O)c1C2=O. The molecule has 1 aliphatic rings. The lowest BCUT2D eigenvalue weighted by atomic mass is 9.86. The van der Waals surface area contributed by atoms with Crippen LogP contribution in [-0.2, 0) is 0 Å². The zero-order chi connectivity index (χ0) is 17.9. The van der Waals surface area contributed by atoms with Crippen LogP contribution < -0.4 is 4.74 Å². The van der Waals surface area contributed by atoms with Crippen molar-refractivity contribution in [1.29, 1.82) is 0 Å². The molecule has 0 atom stereocenters. The number of ether oxygens (including phenoxy) is 1. The molecule has 4 N–H and O–H groups in total. The van der Waals surface area contributed by atoms with E-state index < -0.39 is 74.3 Å². The number of phenols is 3. The van der Waals surface area contributed by atoms with Crippen molar-refractivity contribution in [1.82, 2.24) is 0 Å². The molecule has 0 saturated carbocycles. The second kappa shape index (κ2) is 4.75. The minimum atomic E-state index is -1.10. The third kappa shape index (κ3) is 1.66. The number of furan rings is 1. The molecule has 0 unspecified atom stereocenters. The summed E-state index contributed by atoms with van der Waals surface area (Å²) in [6.07, 6.45) is 0. The lowest BCUT2D eigenvalue weighted by Crippen LogP contribution is -2.20. The first-order valence-corrected chi connectivity index (χ1v) is 6.53. The zero-order valence-electron chi connectivity index (χ0n) is 12.3. The van der Waals surface area contributed by atoms with Crippen LogP contribution in [0.1, 0.15) is 49.5 Å². The second-order valence-electron chi connectivity index (χ2n) is 5.03. The molecule has 0 aliphatic heterocycles. The van der Waals surface area contributed by atoms with Crippen LogP contribution >= 0.6 is 0 Å². The molecule has 0 spiro atoms. The van der Waals surface area contributed by atoms with Gasteiger partial charge in [-0.1, -0.05) is 0 Å². The summed E-state index contributed by atoms with van der Waals surface area (Å²) >= 11 is 0. The molecule has 0 fully saturated rings. The van der Waals surface area contributed by atoms with Gasteiger partial charge in [-0.15, -0.1) is 0 Å². The Morgan fingerprint density at radius 3 is 2.00 bits per heavy atom. The molecule has 0 saturated heterocycles. The Hall–Kier alpha value is -3.49. The highest BCUT2D eigenvalue weighted by Gasteiger charge is 2.44. The van der Waals surface area contributed by atoms with Gasteiger partial charge >= 0.3 is 0 Å². The zero-order valence-corrected chi connectivity index (χ0v) is 12.3. The van der Waals surface area contributed by atoms with E-state index in [1.807, 2.05) is 0 Å². The molecule has 124 valence electrons. The molecule has 3 rings (SSSR count). The molecule has 0 amide bonds. The number of fused-ring (bicyclic) bond motifs is 2. The van der Waals surface area contributed by atoms with E-state index in [9.17, 15) is 34.8 Å². The Balaban J connectivity index is 2.42. The summed E-state index contributed by atoms with van der Waals surface area (Å²) in [5.74, 6) is -8.46. The average Bonchev–Trinajstić information content (AvgIpc) is 2.87. The van der Waals surface area contributed by atoms with Crippen molar-refractivity contribution in [2.45, 2.75) is 6.92 Å².